The average Bonchev–Trinajstić information content (AvgIpc) is 3.19. The van der Waals surface area contributed by atoms with Gasteiger partial charge in [0.1, 0.15) is 17.9 Å². The van der Waals surface area contributed by atoms with Crippen molar-refractivity contribution >= 4 is 34.4 Å². The van der Waals surface area contributed by atoms with Crippen LogP contribution in [0.4, 0.5) is 18.9 Å². The Labute approximate surface area is 188 Å². The molecule has 0 atom stereocenters. The molecule has 1 heterocycles. The number of aryl methyl sites for hydroxylation is 1. The number of carbonyl (C=O) groups excluding carboxylic acids is 1. The first-order chi connectivity index (χ1) is 15.5. The Morgan fingerprint density at radius 3 is 2.66 bits per heavy atom. The third kappa shape index (κ3) is 6.34. The lowest BCUT2D eigenvalue weighted by Gasteiger charge is -2.10. The number of anilines is 1. The van der Waals surface area contributed by atoms with E-state index in [0.29, 0.717) is 23.1 Å². The number of benzene rings is 2. The monoisotopic (exact) mass is 464 g/mol. The number of nitrogens with zero attached hydrogens (tertiary/aromatic N) is 2. The maximum Gasteiger partial charge on any atom is 0.251 e. The summed E-state index contributed by atoms with van der Waals surface area (Å²) >= 11 is 1.64. The minimum Gasteiger partial charge on any atom is -0.495 e. The summed E-state index contributed by atoms with van der Waals surface area (Å²) in [5, 5.41) is 3.22. The van der Waals surface area contributed by atoms with Crippen molar-refractivity contribution in [1.29, 1.82) is 0 Å². The number of hydrogen-bond donors (Lipinski definition) is 2. The summed E-state index contributed by atoms with van der Waals surface area (Å²) in [4.78, 5) is 17.1. The Morgan fingerprint density at radius 1 is 1.28 bits per heavy atom. The van der Waals surface area contributed by atoms with Crippen LogP contribution in [0, 0.1) is 11.8 Å². The molecule has 2 aromatic carbocycles. The van der Waals surface area contributed by atoms with E-state index < -0.39 is 19.5 Å². The van der Waals surface area contributed by atoms with Gasteiger partial charge in [-0.15, -0.1) is 11.8 Å². The predicted molar refractivity (Wildman–Crippen MR) is 121 cm³/mol. The van der Waals surface area contributed by atoms with Gasteiger partial charge in [0.05, 0.1) is 43.3 Å². The molecule has 0 radical (unpaired) electrons. The minimum atomic E-state index is -1.75. The van der Waals surface area contributed by atoms with Crippen molar-refractivity contribution in [2.24, 2.45) is 5.73 Å². The van der Waals surface area contributed by atoms with E-state index in [1.54, 1.807) is 35.6 Å². The maximum absolute atomic E-state index is 12.8. The van der Waals surface area contributed by atoms with Gasteiger partial charge in [-0.05, 0) is 36.6 Å². The molecule has 0 aliphatic carbocycles. The Morgan fingerprint density at radius 2 is 2.03 bits per heavy atom. The zero-order valence-electron chi connectivity index (χ0n) is 17.6. The second-order valence-electron chi connectivity index (χ2n) is 6.21. The Balaban J connectivity index is 0.00000114. The first kappa shape index (κ1) is 24.9. The van der Waals surface area contributed by atoms with Crippen LogP contribution in [0.3, 0.4) is 0 Å². The fourth-order valence-corrected chi connectivity index (χ4v) is 3.35. The number of aromatic nitrogens is 2. The number of imidazole rings is 1. The molecular formula is C22H23F3N4O2S. The number of thioether (sulfide) groups is 1. The zero-order chi connectivity index (χ0) is 23.5. The van der Waals surface area contributed by atoms with E-state index in [9.17, 15) is 18.0 Å². The molecule has 1 amide bonds. The van der Waals surface area contributed by atoms with E-state index in [1.165, 1.54) is 6.33 Å². The molecule has 0 saturated heterocycles. The number of nitrogens with one attached hydrogen (secondary N) is 1. The molecule has 0 aliphatic rings. The number of methoxy groups -OCH3 is 1. The molecule has 0 aliphatic heterocycles. The van der Waals surface area contributed by atoms with Gasteiger partial charge in [0.2, 0.25) is 6.93 Å². The highest BCUT2D eigenvalue weighted by Gasteiger charge is 2.13. The summed E-state index contributed by atoms with van der Waals surface area (Å²) in [6.07, 6.45) is 3.50. The number of ether oxygens (including phenoxy) is 1. The number of carbonyl (C=O) groups is 1. The lowest BCUT2D eigenvalue weighted by molar-refractivity contribution is 0.100. The lowest BCUT2D eigenvalue weighted by Crippen LogP contribution is -2.12. The van der Waals surface area contributed by atoms with Crippen molar-refractivity contribution in [2.75, 3.05) is 38.8 Å². The van der Waals surface area contributed by atoms with E-state index in [1.807, 2.05) is 24.5 Å². The molecule has 3 N–H and O–H groups in total. The molecule has 170 valence electrons. The molecular weight excluding hydrogens is 441 g/mol. The van der Waals surface area contributed by atoms with Crippen LogP contribution >= 0.6 is 11.8 Å². The number of primary amides is 1. The number of hydrogen-bond acceptors (Lipinski definition) is 5. The van der Waals surface area contributed by atoms with E-state index in [0.717, 1.165) is 16.3 Å². The summed E-state index contributed by atoms with van der Waals surface area (Å²) < 4.78 is 39.1. The number of rotatable bonds is 7. The van der Waals surface area contributed by atoms with Crippen LogP contribution in [-0.2, 0) is 6.54 Å². The lowest BCUT2D eigenvalue weighted by atomic mass is 10.1. The molecule has 0 saturated carbocycles. The topological polar surface area (TPSA) is 82.2 Å². The first-order valence-corrected chi connectivity index (χ1v) is 10.6. The van der Waals surface area contributed by atoms with Crippen LogP contribution in [-0.4, -0.2) is 49.0 Å². The summed E-state index contributed by atoms with van der Waals surface area (Å²) in [5.74, 6) is 6.19. The standard InChI is InChI=1S/C21H21FN4O2S.CH2F2/c1-28-19-12-15(29-2)5-6-17(19)24-8-3-4-14-10-16(21(23)27)20-18(11-14)26(9-7-22)13-25-20;2-1-3/h5-6,10-13,24H,7-9H2,1-2H3,(H2,23,27);1H2. The molecule has 10 heteroatoms. The molecule has 0 bridgehead atoms. The van der Waals surface area contributed by atoms with Crippen LogP contribution in [0.25, 0.3) is 11.0 Å². The molecule has 32 heavy (non-hydrogen) atoms. The van der Waals surface area contributed by atoms with Crippen LogP contribution < -0.4 is 15.8 Å². The number of halogens is 3. The molecule has 3 aromatic rings. The van der Waals surface area contributed by atoms with Gasteiger partial charge in [-0.2, -0.15) is 0 Å². The zero-order valence-corrected chi connectivity index (χ0v) is 18.4. The third-order valence-corrected chi connectivity index (χ3v) is 5.05. The van der Waals surface area contributed by atoms with Crippen molar-refractivity contribution in [3.63, 3.8) is 0 Å². The number of alkyl halides is 3. The predicted octanol–water partition coefficient (Wildman–Crippen LogP) is 4.18. The fourth-order valence-electron chi connectivity index (χ4n) is 2.92. The summed E-state index contributed by atoms with van der Waals surface area (Å²) in [5.41, 5.74) is 8.28. The smallest absolute Gasteiger partial charge is 0.251 e. The van der Waals surface area contributed by atoms with Gasteiger partial charge in [0.15, 0.2) is 0 Å². The van der Waals surface area contributed by atoms with Gasteiger partial charge in [-0.1, -0.05) is 11.8 Å². The SMILES string of the molecule is COc1cc(SC)ccc1NCC#Cc1cc(C(N)=O)c2ncn(CCF)c2c1.FCF. The summed E-state index contributed by atoms with van der Waals surface area (Å²) in [6.45, 7) is -1.75. The number of amides is 1. The fraction of sp³-hybridized carbons (Fsp3) is 0.273. The van der Waals surface area contributed by atoms with Crippen molar-refractivity contribution < 1.29 is 22.7 Å². The molecule has 0 unspecified atom stereocenters. The quantitative estimate of drug-likeness (QED) is 0.405. The van der Waals surface area contributed by atoms with Crippen molar-refractivity contribution in [3.05, 3.63) is 47.8 Å². The van der Waals surface area contributed by atoms with Crippen LogP contribution in [0.5, 0.6) is 5.75 Å². The first-order valence-electron chi connectivity index (χ1n) is 9.40. The highest BCUT2D eigenvalue weighted by molar-refractivity contribution is 7.98. The van der Waals surface area contributed by atoms with Crippen molar-refractivity contribution in [1.82, 2.24) is 9.55 Å². The minimum absolute atomic E-state index is 0.152. The summed E-state index contributed by atoms with van der Waals surface area (Å²) in [7, 11) is 1.62. The molecule has 3 rings (SSSR count). The largest absolute Gasteiger partial charge is 0.495 e. The van der Waals surface area contributed by atoms with Crippen LogP contribution in [0.15, 0.2) is 41.6 Å². The van der Waals surface area contributed by atoms with E-state index in [4.69, 9.17) is 10.5 Å². The second-order valence-corrected chi connectivity index (χ2v) is 7.08. The third-order valence-electron chi connectivity index (χ3n) is 4.32. The average molecular weight is 465 g/mol. The second kappa shape index (κ2) is 12.5. The van der Waals surface area contributed by atoms with Crippen molar-refractivity contribution in [3.8, 4) is 17.6 Å². The van der Waals surface area contributed by atoms with Gasteiger partial charge in [0.25, 0.3) is 5.91 Å². The van der Waals surface area contributed by atoms with Gasteiger partial charge < -0.3 is 20.4 Å². The van der Waals surface area contributed by atoms with Gasteiger partial charge in [0, 0.05) is 10.5 Å². The van der Waals surface area contributed by atoms with Crippen LogP contribution in [0.2, 0.25) is 0 Å². The van der Waals surface area contributed by atoms with Crippen molar-refractivity contribution in [2.45, 2.75) is 11.4 Å². The Hall–Kier alpha value is -3.32. The molecule has 0 spiro atoms. The number of fused-ring (bicyclic) bond motifs is 1. The van der Waals surface area contributed by atoms with E-state index in [2.05, 4.69) is 22.1 Å². The molecule has 0 fully saturated rings. The maximum atomic E-state index is 12.8. The van der Waals surface area contributed by atoms with E-state index >= 15 is 0 Å². The highest BCUT2D eigenvalue weighted by Crippen LogP contribution is 2.29. The number of nitrogens with two attached hydrogens (primary N) is 1. The highest BCUT2D eigenvalue weighted by atomic mass is 32.2. The molecule has 6 nitrogen and oxygen atoms in total. The van der Waals surface area contributed by atoms with Crippen LogP contribution in [0.1, 0.15) is 15.9 Å². The van der Waals surface area contributed by atoms with Gasteiger partial charge in [-0.25, -0.2) is 18.2 Å². The van der Waals surface area contributed by atoms with E-state index in [-0.39, 0.29) is 12.1 Å². The van der Waals surface area contributed by atoms with Gasteiger partial charge in [-0.3, -0.25) is 4.79 Å². The summed E-state index contributed by atoms with van der Waals surface area (Å²) in [6, 6.07) is 9.30. The van der Waals surface area contributed by atoms with Gasteiger partial charge >= 0.3 is 0 Å². The normalized spacial score (nSPS) is 10.0. The molecule has 1 aromatic heterocycles. The Bertz CT molecular complexity index is 1130. The Kier molecular flexibility index (Phi) is 9.76.